The zero-order chi connectivity index (χ0) is 20.6. The highest BCUT2D eigenvalue weighted by molar-refractivity contribution is 5.69. The minimum atomic E-state index is -0.884. The van der Waals surface area contributed by atoms with E-state index in [1.165, 1.54) is 23.1 Å². The molecule has 0 unspecified atom stereocenters. The average Bonchev–Trinajstić information content (AvgIpc) is 2.79. The molecule has 0 fully saturated rings. The summed E-state index contributed by atoms with van der Waals surface area (Å²) in [5, 5.41) is 29.3. The van der Waals surface area contributed by atoms with Gasteiger partial charge in [0.2, 0.25) is 0 Å². The second kappa shape index (κ2) is 7.22. The molecule has 0 aromatic heterocycles. The minimum Gasteiger partial charge on any atom is -0.508 e. The maximum Gasteiger partial charge on any atom is 0.410 e. The number of hydrogen-bond acceptors (Lipinski definition) is 5. The van der Waals surface area contributed by atoms with Crippen molar-refractivity contribution in [2.45, 2.75) is 38.7 Å². The van der Waals surface area contributed by atoms with Crippen molar-refractivity contribution >= 4 is 6.09 Å². The van der Waals surface area contributed by atoms with Crippen LogP contribution in [-0.4, -0.2) is 45.0 Å². The van der Waals surface area contributed by atoms with Crippen molar-refractivity contribution in [2.24, 2.45) is 0 Å². The number of nitrogens with zero attached hydrogens (tertiary/aromatic N) is 1. The Morgan fingerprint density at radius 2 is 1.82 bits per heavy atom. The van der Waals surface area contributed by atoms with Gasteiger partial charge in [-0.2, -0.15) is 0 Å². The van der Waals surface area contributed by atoms with E-state index in [0.29, 0.717) is 5.56 Å². The second-order valence-electron chi connectivity index (χ2n) is 7.95. The topological polar surface area (TPSA) is 90.2 Å². The van der Waals surface area contributed by atoms with E-state index in [4.69, 9.17) is 4.74 Å². The van der Waals surface area contributed by atoms with Crippen LogP contribution in [0.5, 0.6) is 17.2 Å². The van der Waals surface area contributed by atoms with Gasteiger partial charge in [0.15, 0.2) is 17.3 Å². The molecule has 0 bridgehead atoms. The van der Waals surface area contributed by atoms with Crippen molar-refractivity contribution < 1.29 is 29.2 Å². The maximum absolute atomic E-state index is 14.7. The lowest BCUT2D eigenvalue weighted by Gasteiger charge is -2.28. The largest absolute Gasteiger partial charge is 0.508 e. The van der Waals surface area contributed by atoms with Crippen LogP contribution in [0, 0.1) is 5.82 Å². The summed E-state index contributed by atoms with van der Waals surface area (Å²) in [5.41, 5.74) is 0.800. The Hall–Kier alpha value is -2.96. The van der Waals surface area contributed by atoms with E-state index in [2.05, 4.69) is 0 Å². The van der Waals surface area contributed by atoms with Crippen LogP contribution >= 0.6 is 0 Å². The number of benzene rings is 2. The predicted octanol–water partition coefficient (Wildman–Crippen LogP) is 3.87. The molecule has 3 rings (SSSR count). The number of fused-ring (bicyclic) bond motifs is 1. The van der Waals surface area contributed by atoms with Gasteiger partial charge in [-0.05, 0) is 62.1 Å². The van der Waals surface area contributed by atoms with Gasteiger partial charge in [0.25, 0.3) is 0 Å². The first-order valence-electron chi connectivity index (χ1n) is 9.07. The molecule has 0 saturated carbocycles. The van der Waals surface area contributed by atoms with Gasteiger partial charge in [-0.1, -0.05) is 12.1 Å². The standard InChI is InChI=1S/C21H24FNO5/c1-21(2,3)28-20(27)23-9-8-14-15(10-17(25)19(26)18(14)22)16(11-23)12-4-6-13(24)7-5-12/h4-7,10,16,24-26H,8-9,11H2,1-3H3/t16-/m1/s1. The summed E-state index contributed by atoms with van der Waals surface area (Å²) in [6, 6.07) is 7.72. The van der Waals surface area contributed by atoms with E-state index in [9.17, 15) is 24.5 Å². The summed E-state index contributed by atoms with van der Waals surface area (Å²) >= 11 is 0. The molecule has 150 valence electrons. The summed E-state index contributed by atoms with van der Waals surface area (Å²) in [7, 11) is 0. The van der Waals surface area contributed by atoms with E-state index in [1.54, 1.807) is 32.9 Å². The van der Waals surface area contributed by atoms with Gasteiger partial charge in [0.1, 0.15) is 11.4 Å². The van der Waals surface area contributed by atoms with Crippen molar-refractivity contribution in [2.75, 3.05) is 13.1 Å². The summed E-state index contributed by atoms with van der Waals surface area (Å²) < 4.78 is 20.2. The van der Waals surface area contributed by atoms with Gasteiger partial charge in [-0.25, -0.2) is 9.18 Å². The number of phenols is 3. The van der Waals surface area contributed by atoms with Crippen LogP contribution in [0.1, 0.15) is 43.4 Å². The molecular formula is C21H24FNO5. The van der Waals surface area contributed by atoms with Crippen molar-refractivity contribution in [3.8, 4) is 17.2 Å². The molecule has 1 aliphatic rings. The van der Waals surface area contributed by atoms with E-state index < -0.39 is 34.9 Å². The van der Waals surface area contributed by atoms with Gasteiger partial charge in [-0.3, -0.25) is 0 Å². The second-order valence-corrected chi connectivity index (χ2v) is 7.95. The molecule has 1 aliphatic heterocycles. The lowest BCUT2D eigenvalue weighted by Crippen LogP contribution is -2.39. The van der Waals surface area contributed by atoms with Gasteiger partial charge < -0.3 is 25.0 Å². The number of rotatable bonds is 1. The van der Waals surface area contributed by atoms with Gasteiger partial charge >= 0.3 is 6.09 Å². The zero-order valence-corrected chi connectivity index (χ0v) is 16.1. The fraction of sp³-hybridized carbons (Fsp3) is 0.381. The molecule has 28 heavy (non-hydrogen) atoms. The number of carbonyl (C=O) groups excluding carboxylic acids is 1. The summed E-state index contributed by atoms with van der Waals surface area (Å²) in [6.45, 7) is 5.72. The number of phenolic OH excluding ortho intramolecular Hbond substituents is 3. The summed E-state index contributed by atoms with van der Waals surface area (Å²) in [4.78, 5) is 14.1. The Balaban J connectivity index is 2.07. The Labute approximate surface area is 162 Å². The molecule has 1 heterocycles. The van der Waals surface area contributed by atoms with Crippen LogP contribution in [0.4, 0.5) is 9.18 Å². The Kier molecular flexibility index (Phi) is 5.10. The Morgan fingerprint density at radius 3 is 2.43 bits per heavy atom. The van der Waals surface area contributed by atoms with Crippen LogP contribution < -0.4 is 0 Å². The number of aromatic hydroxyl groups is 3. The first kappa shape index (κ1) is 19.8. The molecule has 1 amide bonds. The smallest absolute Gasteiger partial charge is 0.410 e. The zero-order valence-electron chi connectivity index (χ0n) is 16.1. The third-order valence-corrected chi connectivity index (χ3v) is 4.71. The molecule has 2 aromatic rings. The Morgan fingerprint density at radius 1 is 1.18 bits per heavy atom. The van der Waals surface area contributed by atoms with Crippen molar-refractivity contribution in [1.82, 2.24) is 4.90 Å². The highest BCUT2D eigenvalue weighted by Gasteiger charge is 2.32. The third-order valence-electron chi connectivity index (χ3n) is 4.71. The number of halogens is 1. The van der Waals surface area contributed by atoms with Crippen molar-refractivity contribution in [3.63, 3.8) is 0 Å². The summed E-state index contributed by atoms with van der Waals surface area (Å²) in [6.07, 6.45) is -0.346. The maximum atomic E-state index is 14.7. The van der Waals surface area contributed by atoms with Crippen LogP contribution in [-0.2, 0) is 11.2 Å². The molecule has 0 spiro atoms. The molecule has 6 nitrogen and oxygen atoms in total. The van der Waals surface area contributed by atoms with Crippen molar-refractivity contribution in [3.05, 3.63) is 52.8 Å². The van der Waals surface area contributed by atoms with Crippen LogP contribution in [0.25, 0.3) is 0 Å². The third kappa shape index (κ3) is 3.98. The molecular weight excluding hydrogens is 365 g/mol. The monoisotopic (exact) mass is 389 g/mol. The van der Waals surface area contributed by atoms with Crippen LogP contribution in [0.3, 0.4) is 0 Å². The quantitative estimate of drug-likeness (QED) is 0.644. The fourth-order valence-corrected chi connectivity index (χ4v) is 3.39. The van der Waals surface area contributed by atoms with Crippen LogP contribution in [0.15, 0.2) is 30.3 Å². The Bertz CT molecular complexity index is 889. The molecule has 3 N–H and O–H groups in total. The normalized spacial score (nSPS) is 17.0. The molecule has 2 aromatic carbocycles. The fourth-order valence-electron chi connectivity index (χ4n) is 3.39. The highest BCUT2D eigenvalue weighted by atomic mass is 19.1. The first-order valence-corrected chi connectivity index (χ1v) is 9.07. The molecule has 1 atom stereocenters. The number of hydrogen-bond donors (Lipinski definition) is 3. The van der Waals surface area contributed by atoms with Gasteiger partial charge in [0, 0.05) is 19.0 Å². The predicted molar refractivity (Wildman–Crippen MR) is 101 cm³/mol. The van der Waals surface area contributed by atoms with Gasteiger partial charge in [-0.15, -0.1) is 0 Å². The SMILES string of the molecule is CC(C)(C)OC(=O)N1CCc2c(cc(O)c(O)c2F)[C@@H](c2ccc(O)cc2)C1. The molecule has 7 heteroatoms. The number of amides is 1. The molecule has 0 saturated heterocycles. The first-order chi connectivity index (χ1) is 13.1. The van der Waals surface area contributed by atoms with E-state index >= 15 is 0 Å². The summed E-state index contributed by atoms with van der Waals surface area (Å²) in [5.74, 6) is -2.61. The average molecular weight is 389 g/mol. The highest BCUT2D eigenvalue weighted by Crippen LogP contribution is 2.40. The van der Waals surface area contributed by atoms with Crippen molar-refractivity contribution in [1.29, 1.82) is 0 Å². The van der Waals surface area contributed by atoms with E-state index in [0.717, 1.165) is 5.56 Å². The molecule has 0 radical (unpaired) electrons. The lowest BCUT2D eigenvalue weighted by atomic mass is 9.87. The van der Waals surface area contributed by atoms with Gasteiger partial charge in [0.05, 0.1) is 0 Å². The van der Waals surface area contributed by atoms with Crippen LogP contribution in [0.2, 0.25) is 0 Å². The van der Waals surface area contributed by atoms with E-state index in [-0.39, 0.29) is 30.8 Å². The number of carbonyl (C=O) groups is 1. The lowest BCUT2D eigenvalue weighted by molar-refractivity contribution is 0.0251. The number of ether oxygens (including phenoxy) is 1. The molecule has 0 aliphatic carbocycles. The van der Waals surface area contributed by atoms with E-state index in [1.807, 2.05) is 0 Å². The minimum absolute atomic E-state index is 0.0846.